The SMILES string of the molecule is CCCNC(CCC)CN1CCN(C)C(C)C1. The first-order chi connectivity index (χ1) is 8.17. The van der Waals surface area contributed by atoms with Crippen molar-refractivity contribution in [3.8, 4) is 0 Å². The van der Waals surface area contributed by atoms with Crippen LogP contribution in [-0.4, -0.2) is 61.7 Å². The van der Waals surface area contributed by atoms with Crippen LogP contribution < -0.4 is 5.32 Å². The molecule has 0 aromatic rings. The van der Waals surface area contributed by atoms with E-state index >= 15 is 0 Å². The fraction of sp³-hybridized carbons (Fsp3) is 1.00. The van der Waals surface area contributed by atoms with E-state index in [1.807, 2.05) is 0 Å². The predicted octanol–water partition coefficient (Wildman–Crippen LogP) is 1.79. The molecule has 1 N–H and O–H groups in total. The van der Waals surface area contributed by atoms with Crippen molar-refractivity contribution in [3.05, 3.63) is 0 Å². The summed E-state index contributed by atoms with van der Waals surface area (Å²) < 4.78 is 0. The summed E-state index contributed by atoms with van der Waals surface area (Å²) >= 11 is 0. The maximum absolute atomic E-state index is 3.69. The number of nitrogens with zero attached hydrogens (tertiary/aromatic N) is 2. The summed E-state index contributed by atoms with van der Waals surface area (Å²) in [5.74, 6) is 0. The zero-order chi connectivity index (χ0) is 12.7. The lowest BCUT2D eigenvalue weighted by atomic mass is 10.1. The van der Waals surface area contributed by atoms with Gasteiger partial charge >= 0.3 is 0 Å². The standard InChI is InChI=1S/C14H31N3/c1-5-7-14(15-8-6-2)12-17-10-9-16(4)13(3)11-17/h13-15H,5-12H2,1-4H3. The highest BCUT2D eigenvalue weighted by atomic mass is 15.3. The first-order valence-corrected chi connectivity index (χ1v) is 7.33. The van der Waals surface area contributed by atoms with Crippen LogP contribution in [0.1, 0.15) is 40.0 Å². The molecule has 0 amide bonds. The average molecular weight is 241 g/mol. The Labute approximate surface area is 108 Å². The smallest absolute Gasteiger partial charge is 0.0194 e. The third-order valence-corrected chi connectivity index (χ3v) is 3.84. The molecular formula is C14H31N3. The van der Waals surface area contributed by atoms with Crippen molar-refractivity contribution in [1.29, 1.82) is 0 Å². The molecule has 0 aromatic heterocycles. The Morgan fingerprint density at radius 2 is 2.00 bits per heavy atom. The molecule has 1 saturated heterocycles. The molecule has 1 fully saturated rings. The molecule has 0 saturated carbocycles. The van der Waals surface area contributed by atoms with E-state index in [1.165, 1.54) is 45.4 Å². The predicted molar refractivity (Wildman–Crippen MR) is 75.5 cm³/mol. The number of hydrogen-bond donors (Lipinski definition) is 1. The fourth-order valence-corrected chi connectivity index (χ4v) is 2.56. The molecule has 0 aromatic carbocycles. The zero-order valence-electron chi connectivity index (χ0n) is 12.2. The Balaban J connectivity index is 2.33. The number of likely N-dealkylation sites (N-methyl/N-ethyl adjacent to an activating group) is 1. The van der Waals surface area contributed by atoms with Crippen LogP contribution >= 0.6 is 0 Å². The number of rotatable bonds is 7. The lowest BCUT2D eigenvalue weighted by molar-refractivity contribution is 0.0959. The second-order valence-corrected chi connectivity index (χ2v) is 5.53. The van der Waals surface area contributed by atoms with Crippen LogP contribution in [0.15, 0.2) is 0 Å². The normalized spacial score (nSPS) is 25.1. The van der Waals surface area contributed by atoms with Gasteiger partial charge in [-0.3, -0.25) is 4.90 Å². The highest BCUT2D eigenvalue weighted by Crippen LogP contribution is 2.09. The van der Waals surface area contributed by atoms with E-state index in [-0.39, 0.29) is 0 Å². The van der Waals surface area contributed by atoms with Crippen LogP contribution in [0, 0.1) is 0 Å². The van der Waals surface area contributed by atoms with Gasteiger partial charge < -0.3 is 10.2 Å². The summed E-state index contributed by atoms with van der Waals surface area (Å²) in [6, 6.07) is 1.40. The summed E-state index contributed by atoms with van der Waals surface area (Å²) in [4.78, 5) is 5.10. The number of nitrogens with one attached hydrogen (secondary N) is 1. The first kappa shape index (κ1) is 14.9. The van der Waals surface area contributed by atoms with Gasteiger partial charge in [0.2, 0.25) is 0 Å². The minimum absolute atomic E-state index is 0.690. The zero-order valence-corrected chi connectivity index (χ0v) is 12.2. The average Bonchev–Trinajstić information content (AvgIpc) is 2.31. The highest BCUT2D eigenvalue weighted by molar-refractivity contribution is 4.80. The second kappa shape index (κ2) is 8.06. The molecule has 0 aliphatic carbocycles. The van der Waals surface area contributed by atoms with Gasteiger partial charge in [-0.25, -0.2) is 0 Å². The second-order valence-electron chi connectivity index (χ2n) is 5.53. The molecule has 0 bridgehead atoms. The van der Waals surface area contributed by atoms with Gasteiger partial charge in [0, 0.05) is 38.3 Å². The van der Waals surface area contributed by atoms with Crippen molar-refractivity contribution in [1.82, 2.24) is 15.1 Å². The van der Waals surface area contributed by atoms with Crippen LogP contribution in [0.5, 0.6) is 0 Å². The monoisotopic (exact) mass is 241 g/mol. The van der Waals surface area contributed by atoms with Gasteiger partial charge in [0.15, 0.2) is 0 Å². The number of hydrogen-bond acceptors (Lipinski definition) is 3. The van der Waals surface area contributed by atoms with Gasteiger partial charge in [0.25, 0.3) is 0 Å². The minimum Gasteiger partial charge on any atom is -0.313 e. The third kappa shape index (κ3) is 5.36. The third-order valence-electron chi connectivity index (χ3n) is 3.84. The van der Waals surface area contributed by atoms with Crippen molar-refractivity contribution in [2.24, 2.45) is 0 Å². The Morgan fingerprint density at radius 1 is 1.24 bits per heavy atom. The van der Waals surface area contributed by atoms with Crippen molar-refractivity contribution < 1.29 is 0 Å². The Hall–Kier alpha value is -0.120. The maximum Gasteiger partial charge on any atom is 0.0194 e. The molecule has 0 spiro atoms. The minimum atomic E-state index is 0.690. The Morgan fingerprint density at radius 3 is 2.59 bits per heavy atom. The van der Waals surface area contributed by atoms with E-state index in [0.717, 1.165) is 6.54 Å². The lowest BCUT2D eigenvalue weighted by Crippen LogP contribution is -2.53. The van der Waals surface area contributed by atoms with Gasteiger partial charge in [0.05, 0.1) is 0 Å². The Bertz CT molecular complexity index is 194. The first-order valence-electron chi connectivity index (χ1n) is 7.33. The maximum atomic E-state index is 3.69. The highest BCUT2D eigenvalue weighted by Gasteiger charge is 2.22. The summed E-state index contributed by atoms with van der Waals surface area (Å²) in [7, 11) is 2.24. The quantitative estimate of drug-likeness (QED) is 0.733. The summed E-state index contributed by atoms with van der Waals surface area (Å²) in [6.07, 6.45) is 3.82. The van der Waals surface area contributed by atoms with Gasteiger partial charge in [-0.2, -0.15) is 0 Å². The molecule has 3 heteroatoms. The Kier molecular flexibility index (Phi) is 7.09. The number of piperazine rings is 1. The molecule has 102 valence electrons. The molecular weight excluding hydrogens is 210 g/mol. The molecule has 1 aliphatic heterocycles. The van der Waals surface area contributed by atoms with Crippen LogP contribution in [0.25, 0.3) is 0 Å². The molecule has 2 atom stereocenters. The summed E-state index contributed by atoms with van der Waals surface area (Å²) in [6.45, 7) is 12.9. The fourth-order valence-electron chi connectivity index (χ4n) is 2.56. The summed E-state index contributed by atoms with van der Waals surface area (Å²) in [5.41, 5.74) is 0. The van der Waals surface area contributed by atoms with E-state index in [1.54, 1.807) is 0 Å². The molecule has 0 radical (unpaired) electrons. The van der Waals surface area contributed by atoms with Gasteiger partial charge in [-0.15, -0.1) is 0 Å². The molecule has 3 nitrogen and oxygen atoms in total. The van der Waals surface area contributed by atoms with Gasteiger partial charge in [-0.05, 0) is 33.4 Å². The van der Waals surface area contributed by atoms with E-state index in [4.69, 9.17) is 0 Å². The van der Waals surface area contributed by atoms with Crippen LogP contribution in [0.2, 0.25) is 0 Å². The molecule has 17 heavy (non-hydrogen) atoms. The van der Waals surface area contributed by atoms with Gasteiger partial charge in [-0.1, -0.05) is 20.3 Å². The van der Waals surface area contributed by atoms with Crippen LogP contribution in [0.3, 0.4) is 0 Å². The van der Waals surface area contributed by atoms with Crippen molar-refractivity contribution in [3.63, 3.8) is 0 Å². The molecule has 2 unspecified atom stereocenters. The largest absolute Gasteiger partial charge is 0.313 e. The molecule has 1 heterocycles. The van der Waals surface area contributed by atoms with Crippen LogP contribution in [0.4, 0.5) is 0 Å². The van der Waals surface area contributed by atoms with Crippen molar-refractivity contribution >= 4 is 0 Å². The molecule has 1 rings (SSSR count). The topological polar surface area (TPSA) is 18.5 Å². The van der Waals surface area contributed by atoms with Crippen LogP contribution in [-0.2, 0) is 0 Å². The molecule has 1 aliphatic rings. The van der Waals surface area contributed by atoms with E-state index in [2.05, 4.69) is 42.9 Å². The lowest BCUT2D eigenvalue weighted by Gasteiger charge is -2.39. The van der Waals surface area contributed by atoms with E-state index in [9.17, 15) is 0 Å². The van der Waals surface area contributed by atoms with E-state index in [0.29, 0.717) is 12.1 Å². The van der Waals surface area contributed by atoms with E-state index < -0.39 is 0 Å². The van der Waals surface area contributed by atoms with Gasteiger partial charge in [0.1, 0.15) is 0 Å². The van der Waals surface area contributed by atoms with Crippen molar-refractivity contribution in [2.45, 2.75) is 52.1 Å². The van der Waals surface area contributed by atoms with Crippen molar-refractivity contribution in [2.75, 3.05) is 39.8 Å². The summed E-state index contributed by atoms with van der Waals surface area (Å²) in [5, 5.41) is 3.69.